The molecule has 0 bridgehead atoms. The number of nitrogens with zero attached hydrogens (tertiary/aromatic N) is 4. The summed E-state index contributed by atoms with van der Waals surface area (Å²) in [5, 5.41) is 12.5. The summed E-state index contributed by atoms with van der Waals surface area (Å²) in [7, 11) is 3.32. The number of thioether (sulfide) groups is 1. The van der Waals surface area contributed by atoms with E-state index in [1.807, 2.05) is 13.0 Å². The van der Waals surface area contributed by atoms with Gasteiger partial charge in [0, 0.05) is 35.4 Å². The molecular weight excluding hydrogens is 482 g/mol. The van der Waals surface area contributed by atoms with E-state index in [4.69, 9.17) is 21.1 Å². The number of pyridine rings is 2. The molecule has 0 atom stereocenters. The molecule has 1 N–H and O–H groups in total. The van der Waals surface area contributed by atoms with Crippen molar-refractivity contribution in [2.75, 3.05) is 19.5 Å². The van der Waals surface area contributed by atoms with Crippen LogP contribution in [-0.4, -0.2) is 51.6 Å². The first-order valence-corrected chi connectivity index (χ1v) is 12.5. The zero-order chi connectivity index (χ0) is 23.4. The second-order valence-corrected chi connectivity index (χ2v) is 10.6. The van der Waals surface area contributed by atoms with E-state index >= 15 is 0 Å². The van der Waals surface area contributed by atoms with Gasteiger partial charge in [0.05, 0.1) is 25.0 Å². The Morgan fingerprint density at radius 2 is 1.91 bits per heavy atom. The molecule has 1 fully saturated rings. The van der Waals surface area contributed by atoms with Crippen molar-refractivity contribution < 1.29 is 14.3 Å². The van der Waals surface area contributed by atoms with Crippen molar-refractivity contribution in [3.05, 3.63) is 40.9 Å². The third kappa shape index (κ3) is 5.81. The average molecular weight is 506 g/mol. The van der Waals surface area contributed by atoms with Crippen LogP contribution in [0.15, 0.2) is 28.9 Å². The summed E-state index contributed by atoms with van der Waals surface area (Å²) >= 11 is 9.20. The highest BCUT2D eigenvalue weighted by Crippen LogP contribution is 2.37. The standard InChI is InChI=1S/C22H24ClN5O3S2/c1-12-8-15(16-9-19(23)25-11-18(16)31-3)17(10-24-12)20(29)26-21-27-28-22(33-21)32-14-6-4-13(30-2)5-7-14/h8-11,13-14H,4-7H2,1-3H3,(H,26,27,29). The molecule has 1 aliphatic rings. The minimum Gasteiger partial charge on any atom is -0.494 e. The second-order valence-electron chi connectivity index (χ2n) is 7.66. The number of nitrogens with one attached hydrogen (secondary N) is 1. The van der Waals surface area contributed by atoms with E-state index < -0.39 is 0 Å². The van der Waals surface area contributed by atoms with Crippen LogP contribution >= 0.6 is 34.7 Å². The molecule has 1 amide bonds. The zero-order valence-corrected chi connectivity index (χ0v) is 20.9. The van der Waals surface area contributed by atoms with Crippen LogP contribution < -0.4 is 10.1 Å². The van der Waals surface area contributed by atoms with Crippen LogP contribution in [0, 0.1) is 6.92 Å². The number of rotatable bonds is 7. The van der Waals surface area contributed by atoms with Gasteiger partial charge in [-0.15, -0.1) is 10.2 Å². The first-order valence-electron chi connectivity index (χ1n) is 10.5. The van der Waals surface area contributed by atoms with E-state index in [1.54, 1.807) is 38.2 Å². The van der Waals surface area contributed by atoms with Gasteiger partial charge in [0.15, 0.2) is 4.34 Å². The third-order valence-electron chi connectivity index (χ3n) is 5.48. The summed E-state index contributed by atoms with van der Waals surface area (Å²) in [5.74, 6) is 0.178. The van der Waals surface area contributed by atoms with Crippen LogP contribution in [0.2, 0.25) is 5.15 Å². The van der Waals surface area contributed by atoms with Crippen LogP contribution in [-0.2, 0) is 4.74 Å². The number of hydrogen-bond acceptors (Lipinski definition) is 9. The fourth-order valence-electron chi connectivity index (χ4n) is 3.75. The van der Waals surface area contributed by atoms with Gasteiger partial charge in [-0.25, -0.2) is 4.98 Å². The van der Waals surface area contributed by atoms with Crippen LogP contribution in [0.25, 0.3) is 11.1 Å². The molecular formula is C22H24ClN5O3S2. The number of carbonyl (C=O) groups is 1. The van der Waals surface area contributed by atoms with E-state index in [0.717, 1.165) is 35.7 Å². The van der Waals surface area contributed by atoms with Gasteiger partial charge in [-0.05, 0) is 44.7 Å². The molecule has 3 aromatic heterocycles. The van der Waals surface area contributed by atoms with Gasteiger partial charge in [-0.3, -0.25) is 15.1 Å². The number of methoxy groups -OCH3 is 2. The molecule has 1 saturated carbocycles. The molecule has 3 aromatic rings. The fraction of sp³-hybridized carbons (Fsp3) is 0.409. The predicted molar refractivity (Wildman–Crippen MR) is 131 cm³/mol. The molecule has 3 heterocycles. The lowest BCUT2D eigenvalue weighted by molar-refractivity contribution is 0.0723. The van der Waals surface area contributed by atoms with Crippen molar-refractivity contribution in [3.63, 3.8) is 0 Å². The van der Waals surface area contributed by atoms with Gasteiger partial charge >= 0.3 is 0 Å². The minimum atomic E-state index is -0.333. The first-order chi connectivity index (χ1) is 16.0. The molecule has 0 aliphatic heterocycles. The van der Waals surface area contributed by atoms with Crippen molar-refractivity contribution in [2.24, 2.45) is 0 Å². The predicted octanol–water partition coefficient (Wildman–Crippen LogP) is 5.27. The van der Waals surface area contributed by atoms with Crippen molar-refractivity contribution in [1.29, 1.82) is 0 Å². The number of carbonyl (C=O) groups excluding carboxylic acids is 1. The average Bonchev–Trinajstić information content (AvgIpc) is 3.25. The fourth-order valence-corrected chi connectivity index (χ4v) is 6.10. The number of halogens is 1. The van der Waals surface area contributed by atoms with Crippen LogP contribution in [0.5, 0.6) is 5.75 Å². The molecule has 174 valence electrons. The highest BCUT2D eigenvalue weighted by molar-refractivity contribution is 8.01. The highest BCUT2D eigenvalue weighted by Gasteiger charge is 2.24. The maximum Gasteiger partial charge on any atom is 0.259 e. The Balaban J connectivity index is 1.51. The largest absolute Gasteiger partial charge is 0.494 e. The lowest BCUT2D eigenvalue weighted by Crippen LogP contribution is -2.21. The van der Waals surface area contributed by atoms with Crippen molar-refractivity contribution in [1.82, 2.24) is 20.2 Å². The van der Waals surface area contributed by atoms with Crippen LogP contribution in [0.3, 0.4) is 0 Å². The zero-order valence-electron chi connectivity index (χ0n) is 18.5. The second kappa shape index (κ2) is 10.8. The lowest BCUT2D eigenvalue weighted by Gasteiger charge is -2.26. The van der Waals surface area contributed by atoms with Crippen molar-refractivity contribution in [3.8, 4) is 16.9 Å². The number of anilines is 1. The Bertz CT molecular complexity index is 1130. The number of aryl methyl sites for hydroxylation is 1. The summed E-state index contributed by atoms with van der Waals surface area (Å²) in [6.07, 6.45) is 7.71. The summed E-state index contributed by atoms with van der Waals surface area (Å²) in [6, 6.07) is 3.49. The highest BCUT2D eigenvalue weighted by atomic mass is 35.5. The van der Waals surface area contributed by atoms with Crippen LogP contribution in [0.1, 0.15) is 41.7 Å². The molecule has 4 rings (SSSR count). The molecule has 8 nitrogen and oxygen atoms in total. The normalized spacial score (nSPS) is 18.2. The van der Waals surface area contributed by atoms with Crippen molar-refractivity contribution >= 4 is 45.7 Å². The summed E-state index contributed by atoms with van der Waals surface area (Å²) in [4.78, 5) is 21.5. The molecule has 33 heavy (non-hydrogen) atoms. The Kier molecular flexibility index (Phi) is 7.79. The maximum absolute atomic E-state index is 13.2. The Morgan fingerprint density at radius 1 is 1.12 bits per heavy atom. The summed E-state index contributed by atoms with van der Waals surface area (Å²) < 4.78 is 11.7. The van der Waals surface area contributed by atoms with Gasteiger partial charge in [-0.2, -0.15) is 0 Å². The van der Waals surface area contributed by atoms with E-state index in [2.05, 4.69) is 25.5 Å². The third-order valence-corrected chi connectivity index (χ3v) is 7.95. The molecule has 0 radical (unpaired) electrons. The SMILES string of the molecule is COc1cnc(Cl)cc1-c1cc(C)ncc1C(=O)Nc1nnc(SC2CCC(OC)CC2)s1. The molecule has 11 heteroatoms. The van der Waals surface area contributed by atoms with E-state index in [1.165, 1.54) is 17.5 Å². The Hall–Kier alpha value is -2.27. The van der Waals surface area contributed by atoms with Gasteiger partial charge in [-0.1, -0.05) is 34.7 Å². The van der Waals surface area contributed by atoms with Crippen molar-refractivity contribution in [2.45, 2.75) is 48.3 Å². The number of ether oxygens (including phenoxy) is 2. The smallest absolute Gasteiger partial charge is 0.259 e. The van der Waals surface area contributed by atoms with Crippen LogP contribution in [0.4, 0.5) is 5.13 Å². The summed E-state index contributed by atoms with van der Waals surface area (Å²) in [5.41, 5.74) is 2.45. The van der Waals surface area contributed by atoms with Gasteiger partial charge in [0.25, 0.3) is 5.91 Å². The topological polar surface area (TPSA) is 99.1 Å². The maximum atomic E-state index is 13.2. The van der Waals surface area contributed by atoms with Gasteiger partial charge in [0.2, 0.25) is 5.13 Å². The van der Waals surface area contributed by atoms with E-state index in [0.29, 0.717) is 44.1 Å². The van der Waals surface area contributed by atoms with Gasteiger partial charge in [0.1, 0.15) is 10.9 Å². The monoisotopic (exact) mass is 505 g/mol. The quantitative estimate of drug-likeness (QED) is 0.342. The Labute approximate surface area is 205 Å². The Morgan fingerprint density at radius 3 is 2.64 bits per heavy atom. The number of aromatic nitrogens is 4. The van der Waals surface area contributed by atoms with E-state index in [9.17, 15) is 4.79 Å². The summed E-state index contributed by atoms with van der Waals surface area (Å²) in [6.45, 7) is 1.86. The number of hydrogen-bond donors (Lipinski definition) is 1. The molecule has 0 saturated heterocycles. The molecule has 0 spiro atoms. The minimum absolute atomic E-state index is 0.303. The molecule has 0 aromatic carbocycles. The van der Waals surface area contributed by atoms with E-state index in [-0.39, 0.29) is 5.91 Å². The number of amides is 1. The van der Waals surface area contributed by atoms with Gasteiger partial charge < -0.3 is 9.47 Å². The molecule has 0 unspecified atom stereocenters. The first kappa shape index (κ1) is 23.9. The molecule has 1 aliphatic carbocycles. The lowest BCUT2D eigenvalue weighted by atomic mass is 9.97.